The number of thiazole rings is 1. The largest absolute Gasteiger partial charge is 0.378 e. The number of ether oxygens (including phenoxy) is 1. The molecule has 2 N–H and O–H groups in total. The molecule has 1 fully saturated rings. The Labute approximate surface area is 126 Å². The van der Waals surface area contributed by atoms with Crippen LogP contribution >= 0.6 is 11.3 Å². The highest BCUT2D eigenvalue weighted by Crippen LogP contribution is 2.17. The first kappa shape index (κ1) is 14.0. The molecule has 0 atom stereocenters. The van der Waals surface area contributed by atoms with E-state index in [2.05, 4.69) is 24.8 Å². The minimum atomic E-state index is 0.228. The second-order valence-corrected chi connectivity index (χ2v) is 5.45. The van der Waals surface area contributed by atoms with E-state index < -0.39 is 0 Å². The van der Waals surface area contributed by atoms with E-state index in [4.69, 9.17) is 10.5 Å². The Morgan fingerprint density at radius 1 is 1.33 bits per heavy atom. The summed E-state index contributed by atoms with van der Waals surface area (Å²) in [4.78, 5) is 21.2. The summed E-state index contributed by atoms with van der Waals surface area (Å²) in [6.45, 7) is 3.51. The van der Waals surface area contributed by atoms with Gasteiger partial charge in [-0.05, 0) is 0 Å². The van der Waals surface area contributed by atoms with Crippen LogP contribution in [0.5, 0.6) is 0 Å². The Morgan fingerprint density at radius 3 is 2.86 bits per heavy atom. The van der Waals surface area contributed by atoms with E-state index in [0.29, 0.717) is 31.7 Å². The van der Waals surface area contributed by atoms with Gasteiger partial charge in [-0.2, -0.15) is 15.0 Å². The first-order valence-corrected chi connectivity index (χ1v) is 7.59. The fourth-order valence-electron chi connectivity index (χ4n) is 2.07. The van der Waals surface area contributed by atoms with Crippen LogP contribution in [0.2, 0.25) is 0 Å². The molecule has 112 valence electrons. The number of hydrogen-bond acceptors (Lipinski definition) is 9. The van der Waals surface area contributed by atoms with E-state index in [9.17, 15) is 0 Å². The number of hydrogen-bond donors (Lipinski definition) is 1. The Morgan fingerprint density at radius 2 is 2.14 bits per heavy atom. The third-order valence-corrected chi connectivity index (χ3v) is 3.78. The summed E-state index contributed by atoms with van der Waals surface area (Å²) in [6.07, 6.45) is 0. The maximum atomic E-state index is 5.82. The highest BCUT2D eigenvalue weighted by Gasteiger charge is 2.17. The number of aromatic nitrogens is 4. The monoisotopic (exact) mass is 307 g/mol. The second-order valence-electron chi connectivity index (χ2n) is 4.73. The van der Waals surface area contributed by atoms with E-state index in [-0.39, 0.29) is 5.95 Å². The number of nitrogens with zero attached hydrogens (tertiary/aromatic N) is 6. The minimum absolute atomic E-state index is 0.228. The molecule has 3 heterocycles. The van der Waals surface area contributed by atoms with Crippen molar-refractivity contribution in [1.29, 1.82) is 0 Å². The molecule has 0 spiro atoms. The summed E-state index contributed by atoms with van der Waals surface area (Å²) in [5.74, 6) is 1.38. The molecule has 8 nitrogen and oxygen atoms in total. The van der Waals surface area contributed by atoms with E-state index in [1.807, 2.05) is 22.8 Å². The molecule has 0 bridgehead atoms. The molecule has 0 unspecified atom stereocenters. The lowest BCUT2D eigenvalue weighted by molar-refractivity contribution is 0.122. The van der Waals surface area contributed by atoms with Crippen LogP contribution in [-0.4, -0.2) is 53.3 Å². The molecular weight excluding hydrogens is 290 g/mol. The zero-order valence-electron chi connectivity index (χ0n) is 11.8. The Balaban J connectivity index is 1.79. The average Bonchev–Trinajstić information content (AvgIpc) is 3.00. The van der Waals surface area contributed by atoms with Gasteiger partial charge in [0.1, 0.15) is 0 Å². The van der Waals surface area contributed by atoms with E-state index >= 15 is 0 Å². The molecule has 1 aliphatic heterocycles. The number of rotatable bonds is 4. The zero-order chi connectivity index (χ0) is 14.7. The van der Waals surface area contributed by atoms with Crippen molar-refractivity contribution in [1.82, 2.24) is 19.9 Å². The van der Waals surface area contributed by atoms with Crippen molar-refractivity contribution in [3.05, 3.63) is 16.6 Å². The van der Waals surface area contributed by atoms with Crippen molar-refractivity contribution in [3.8, 4) is 0 Å². The van der Waals surface area contributed by atoms with E-state index in [1.165, 1.54) is 0 Å². The Kier molecular flexibility index (Phi) is 4.11. The maximum Gasteiger partial charge on any atom is 0.232 e. The fourth-order valence-corrected chi connectivity index (χ4v) is 2.62. The van der Waals surface area contributed by atoms with Gasteiger partial charge in [-0.15, -0.1) is 11.3 Å². The van der Waals surface area contributed by atoms with Crippen LogP contribution in [0.3, 0.4) is 0 Å². The number of nitrogens with two attached hydrogens (primary N) is 1. The Hall–Kier alpha value is -2.00. The number of nitrogen functional groups attached to an aromatic ring is 1. The quantitative estimate of drug-likeness (QED) is 0.866. The highest BCUT2D eigenvalue weighted by atomic mass is 32.1. The summed E-state index contributed by atoms with van der Waals surface area (Å²) in [6, 6.07) is 0. The van der Waals surface area contributed by atoms with Gasteiger partial charge in [-0.3, -0.25) is 0 Å². The smallest absolute Gasteiger partial charge is 0.232 e. The van der Waals surface area contributed by atoms with Crippen molar-refractivity contribution in [2.24, 2.45) is 0 Å². The van der Waals surface area contributed by atoms with Gasteiger partial charge < -0.3 is 20.3 Å². The Bertz CT molecular complexity index is 585. The third-order valence-electron chi connectivity index (χ3n) is 3.15. The van der Waals surface area contributed by atoms with Gasteiger partial charge in [0.2, 0.25) is 17.8 Å². The molecule has 21 heavy (non-hydrogen) atoms. The van der Waals surface area contributed by atoms with Crippen LogP contribution in [0.25, 0.3) is 0 Å². The number of morpholine rings is 1. The molecule has 0 aliphatic carbocycles. The van der Waals surface area contributed by atoms with Gasteiger partial charge in [0.15, 0.2) is 0 Å². The zero-order valence-corrected chi connectivity index (χ0v) is 12.6. The molecule has 9 heteroatoms. The molecule has 2 aromatic rings. The topological polar surface area (TPSA) is 93.3 Å². The predicted molar refractivity (Wildman–Crippen MR) is 81.5 cm³/mol. The predicted octanol–water partition coefficient (Wildman–Crippen LogP) is 0.383. The summed E-state index contributed by atoms with van der Waals surface area (Å²) in [5, 5.41) is 2.00. The second kappa shape index (κ2) is 6.19. The average molecular weight is 307 g/mol. The lowest BCUT2D eigenvalue weighted by Gasteiger charge is -2.27. The first-order valence-electron chi connectivity index (χ1n) is 6.65. The molecule has 0 aromatic carbocycles. The highest BCUT2D eigenvalue weighted by molar-refractivity contribution is 7.07. The lowest BCUT2D eigenvalue weighted by Crippen LogP contribution is -2.38. The number of anilines is 3. The van der Waals surface area contributed by atoms with Crippen LogP contribution < -0.4 is 15.5 Å². The van der Waals surface area contributed by atoms with Gasteiger partial charge in [0.05, 0.1) is 31.0 Å². The molecule has 2 aromatic heterocycles. The standard InChI is InChI=1S/C12H17N7OS/c1-18(6-9-7-21-8-14-9)11-15-10(13)16-12(17-11)19-2-4-20-5-3-19/h7-8H,2-6H2,1H3,(H2,13,15,16,17). The van der Waals surface area contributed by atoms with Crippen molar-refractivity contribution >= 4 is 29.2 Å². The van der Waals surface area contributed by atoms with Crippen LogP contribution in [0.1, 0.15) is 5.69 Å². The van der Waals surface area contributed by atoms with Crippen molar-refractivity contribution in [3.63, 3.8) is 0 Å². The lowest BCUT2D eigenvalue weighted by atomic mass is 10.4. The third kappa shape index (κ3) is 3.37. The molecule has 0 radical (unpaired) electrons. The van der Waals surface area contributed by atoms with Crippen molar-refractivity contribution in [2.45, 2.75) is 6.54 Å². The molecule has 0 saturated carbocycles. The van der Waals surface area contributed by atoms with Crippen LogP contribution in [0.4, 0.5) is 17.8 Å². The van der Waals surface area contributed by atoms with Crippen LogP contribution in [0, 0.1) is 0 Å². The minimum Gasteiger partial charge on any atom is -0.378 e. The summed E-state index contributed by atoms with van der Waals surface area (Å²) >= 11 is 1.57. The van der Waals surface area contributed by atoms with Gasteiger partial charge in [-0.25, -0.2) is 4.98 Å². The maximum absolute atomic E-state index is 5.82. The van der Waals surface area contributed by atoms with E-state index in [1.54, 1.807) is 11.3 Å². The molecule has 1 saturated heterocycles. The molecular formula is C12H17N7OS. The summed E-state index contributed by atoms with van der Waals surface area (Å²) < 4.78 is 5.34. The summed E-state index contributed by atoms with van der Waals surface area (Å²) in [7, 11) is 1.91. The first-order chi connectivity index (χ1) is 10.2. The fraction of sp³-hybridized carbons (Fsp3) is 0.500. The van der Waals surface area contributed by atoms with Gasteiger partial charge in [0, 0.05) is 25.5 Å². The van der Waals surface area contributed by atoms with Gasteiger partial charge in [-0.1, -0.05) is 0 Å². The van der Waals surface area contributed by atoms with Crippen molar-refractivity contribution < 1.29 is 4.74 Å². The summed E-state index contributed by atoms with van der Waals surface area (Å²) in [5.41, 5.74) is 8.61. The molecule has 1 aliphatic rings. The van der Waals surface area contributed by atoms with E-state index in [0.717, 1.165) is 18.8 Å². The van der Waals surface area contributed by atoms with Gasteiger partial charge in [0.25, 0.3) is 0 Å². The van der Waals surface area contributed by atoms with Crippen LogP contribution in [-0.2, 0) is 11.3 Å². The molecule has 0 amide bonds. The molecule has 3 rings (SSSR count). The SMILES string of the molecule is CN(Cc1cscn1)c1nc(N)nc(N2CCOCC2)n1. The normalized spacial score (nSPS) is 15.2. The van der Waals surface area contributed by atoms with Crippen molar-refractivity contribution in [2.75, 3.05) is 48.9 Å². The van der Waals surface area contributed by atoms with Crippen LogP contribution in [0.15, 0.2) is 10.9 Å². The van der Waals surface area contributed by atoms with Gasteiger partial charge >= 0.3 is 0 Å².